The summed E-state index contributed by atoms with van der Waals surface area (Å²) in [5.74, 6) is -3.25. The van der Waals surface area contributed by atoms with Crippen LogP contribution >= 0.6 is 0 Å². The van der Waals surface area contributed by atoms with Crippen LogP contribution in [0, 0.1) is 5.82 Å². The first kappa shape index (κ1) is 30.6. The van der Waals surface area contributed by atoms with Crippen molar-refractivity contribution in [2.45, 2.75) is 44.4 Å². The number of ether oxygens (including phenoxy) is 2. The van der Waals surface area contributed by atoms with Crippen LogP contribution in [-0.4, -0.2) is 96.5 Å². The van der Waals surface area contributed by atoms with Gasteiger partial charge in [-0.1, -0.05) is 30.3 Å². The summed E-state index contributed by atoms with van der Waals surface area (Å²) in [6, 6.07) is 11.0. The molecule has 216 valence electrons. The van der Waals surface area contributed by atoms with Crippen molar-refractivity contribution in [2.75, 3.05) is 40.8 Å². The Morgan fingerprint density at radius 3 is 2.50 bits per heavy atom. The molecule has 11 heteroatoms. The van der Waals surface area contributed by atoms with Crippen LogP contribution < -0.4 is 4.74 Å². The van der Waals surface area contributed by atoms with Gasteiger partial charge < -0.3 is 29.3 Å². The Kier molecular flexibility index (Phi) is 11.0. The zero-order valence-corrected chi connectivity index (χ0v) is 23.0. The number of carboxylic acid groups (broad SMARTS) is 1. The van der Waals surface area contributed by atoms with Crippen LogP contribution in [0.3, 0.4) is 0 Å². The number of aliphatic carboxylic acids is 1. The van der Waals surface area contributed by atoms with Crippen molar-refractivity contribution in [3.05, 3.63) is 65.5 Å². The van der Waals surface area contributed by atoms with E-state index in [0.29, 0.717) is 6.54 Å². The minimum Gasteiger partial charge on any atom is -0.491 e. The van der Waals surface area contributed by atoms with Gasteiger partial charge in [0.05, 0.1) is 18.2 Å². The molecule has 1 N–H and O–H groups in total. The van der Waals surface area contributed by atoms with Crippen molar-refractivity contribution >= 4 is 23.8 Å². The fourth-order valence-electron chi connectivity index (χ4n) is 4.57. The highest BCUT2D eigenvalue weighted by Gasteiger charge is 2.33. The molecule has 0 aliphatic carbocycles. The Hall–Kier alpha value is -3.99. The minimum atomic E-state index is -1.22. The lowest BCUT2D eigenvalue weighted by atomic mass is 10.1. The number of carbonyl (C=O) groups excluding carboxylic acids is 3. The lowest BCUT2D eigenvalue weighted by Crippen LogP contribution is -2.44. The first-order valence-corrected chi connectivity index (χ1v) is 13.1. The van der Waals surface area contributed by atoms with E-state index in [1.807, 2.05) is 20.2 Å². The van der Waals surface area contributed by atoms with Crippen molar-refractivity contribution in [3.63, 3.8) is 0 Å². The molecule has 1 saturated heterocycles. The molecule has 0 bridgehead atoms. The first-order valence-electron chi connectivity index (χ1n) is 13.1. The monoisotopic (exact) mass is 557 g/mol. The van der Waals surface area contributed by atoms with Gasteiger partial charge in [0, 0.05) is 20.0 Å². The van der Waals surface area contributed by atoms with Gasteiger partial charge in [0.15, 0.2) is 0 Å². The molecule has 1 aliphatic rings. The van der Waals surface area contributed by atoms with Crippen LogP contribution in [0.15, 0.2) is 48.5 Å². The van der Waals surface area contributed by atoms with Crippen LogP contribution in [0.25, 0.3) is 0 Å². The van der Waals surface area contributed by atoms with E-state index in [-0.39, 0.29) is 55.9 Å². The van der Waals surface area contributed by atoms with Gasteiger partial charge in [-0.15, -0.1) is 0 Å². The number of likely N-dealkylation sites (tertiary alicyclic amines) is 1. The molecule has 10 nitrogen and oxygen atoms in total. The number of amides is 2. The number of carboxylic acids is 1. The van der Waals surface area contributed by atoms with E-state index in [4.69, 9.17) is 9.47 Å². The van der Waals surface area contributed by atoms with Crippen LogP contribution in [0.1, 0.15) is 41.6 Å². The SMILES string of the molecule is CN(C)CC(=O)N1CCC[C@H]1COc1ccc(F)cc1C(=O)N(C)[C@H](CCC(=O)O)C(=O)OCc1ccccc1. The molecular formula is C29H36FN3O7. The van der Waals surface area contributed by atoms with Gasteiger partial charge in [-0.3, -0.25) is 14.4 Å². The summed E-state index contributed by atoms with van der Waals surface area (Å²) in [6.07, 6.45) is 0.977. The number of carbonyl (C=O) groups is 4. The Balaban J connectivity index is 1.75. The Morgan fingerprint density at radius 2 is 1.82 bits per heavy atom. The standard InChI is InChI=1S/C29H36FN3O7/c1-31(2)17-26(34)33-15-7-10-22(33)19-39-25-13-11-21(30)16-23(25)28(37)32(3)24(12-14-27(35)36)29(38)40-18-20-8-5-4-6-9-20/h4-6,8-9,11,13,16,22,24H,7,10,12,14-15,17-19H2,1-3H3,(H,35,36)/t22-,24+/m0/s1. The number of halogens is 1. The van der Waals surface area contributed by atoms with E-state index in [1.54, 1.807) is 34.1 Å². The second kappa shape index (κ2) is 14.4. The van der Waals surface area contributed by atoms with Gasteiger partial charge in [0.1, 0.15) is 30.8 Å². The smallest absolute Gasteiger partial charge is 0.329 e. The summed E-state index contributed by atoms with van der Waals surface area (Å²) < 4.78 is 25.6. The van der Waals surface area contributed by atoms with Gasteiger partial charge >= 0.3 is 11.9 Å². The van der Waals surface area contributed by atoms with Gasteiger partial charge in [0.25, 0.3) is 5.91 Å². The van der Waals surface area contributed by atoms with E-state index in [2.05, 4.69) is 0 Å². The minimum absolute atomic E-state index is 0.0264. The number of benzene rings is 2. The number of esters is 1. The largest absolute Gasteiger partial charge is 0.491 e. The van der Waals surface area contributed by atoms with Gasteiger partial charge in [0.2, 0.25) is 5.91 Å². The highest BCUT2D eigenvalue weighted by Crippen LogP contribution is 2.25. The normalized spacial score (nSPS) is 15.5. The summed E-state index contributed by atoms with van der Waals surface area (Å²) in [5.41, 5.74) is 0.607. The molecule has 0 aromatic heterocycles. The molecule has 2 amide bonds. The molecule has 0 unspecified atom stereocenters. The maximum absolute atomic E-state index is 14.3. The molecule has 1 heterocycles. The third kappa shape index (κ3) is 8.51. The summed E-state index contributed by atoms with van der Waals surface area (Å²) in [6.45, 7) is 0.926. The lowest BCUT2D eigenvalue weighted by Gasteiger charge is -2.28. The molecule has 0 spiro atoms. The molecule has 1 fully saturated rings. The molecular weight excluding hydrogens is 521 g/mol. The predicted octanol–water partition coefficient (Wildman–Crippen LogP) is 2.81. The van der Waals surface area contributed by atoms with Crippen LogP contribution in [0.4, 0.5) is 4.39 Å². The van der Waals surface area contributed by atoms with Crippen LogP contribution in [0.2, 0.25) is 0 Å². The van der Waals surface area contributed by atoms with Gasteiger partial charge in [-0.25, -0.2) is 9.18 Å². The molecule has 1 aliphatic heterocycles. The first-order chi connectivity index (χ1) is 19.1. The molecule has 3 rings (SSSR count). The number of hydrogen-bond donors (Lipinski definition) is 1. The summed E-state index contributed by atoms with van der Waals surface area (Å²) in [5, 5.41) is 9.20. The predicted molar refractivity (Wildman–Crippen MR) is 144 cm³/mol. The average molecular weight is 558 g/mol. The van der Waals surface area contributed by atoms with E-state index < -0.39 is 29.7 Å². The van der Waals surface area contributed by atoms with Crippen molar-refractivity contribution in [1.82, 2.24) is 14.7 Å². The average Bonchev–Trinajstić information content (AvgIpc) is 3.39. The maximum Gasteiger partial charge on any atom is 0.329 e. The molecule has 2 atom stereocenters. The third-order valence-corrected chi connectivity index (χ3v) is 6.67. The molecule has 0 radical (unpaired) electrons. The van der Waals surface area contributed by atoms with Crippen LogP contribution in [0.5, 0.6) is 5.75 Å². The lowest BCUT2D eigenvalue weighted by molar-refractivity contribution is -0.150. The summed E-state index contributed by atoms with van der Waals surface area (Å²) in [4.78, 5) is 55.0. The zero-order valence-electron chi connectivity index (χ0n) is 23.0. The van der Waals surface area contributed by atoms with Gasteiger partial charge in [-0.2, -0.15) is 0 Å². The number of likely N-dealkylation sites (N-methyl/N-ethyl adjacent to an activating group) is 2. The second-order valence-electron chi connectivity index (χ2n) is 10.0. The Labute approximate surface area is 233 Å². The Bertz CT molecular complexity index is 1190. The molecule has 2 aromatic carbocycles. The number of rotatable bonds is 13. The van der Waals surface area contributed by atoms with E-state index in [1.165, 1.54) is 13.1 Å². The topological polar surface area (TPSA) is 117 Å². The summed E-state index contributed by atoms with van der Waals surface area (Å²) >= 11 is 0. The third-order valence-electron chi connectivity index (χ3n) is 6.67. The van der Waals surface area contributed by atoms with Crippen molar-refractivity contribution < 1.29 is 38.1 Å². The van der Waals surface area contributed by atoms with Crippen molar-refractivity contribution in [1.29, 1.82) is 0 Å². The van der Waals surface area contributed by atoms with E-state index >= 15 is 0 Å². The highest BCUT2D eigenvalue weighted by molar-refractivity contribution is 5.99. The van der Waals surface area contributed by atoms with E-state index in [9.17, 15) is 28.7 Å². The maximum atomic E-state index is 14.3. The number of hydrogen-bond acceptors (Lipinski definition) is 7. The quantitative estimate of drug-likeness (QED) is 0.374. The molecule has 2 aromatic rings. The molecule has 40 heavy (non-hydrogen) atoms. The van der Waals surface area contributed by atoms with Crippen molar-refractivity contribution in [2.24, 2.45) is 0 Å². The molecule has 0 saturated carbocycles. The van der Waals surface area contributed by atoms with Gasteiger partial charge in [-0.05, 0) is 57.1 Å². The summed E-state index contributed by atoms with van der Waals surface area (Å²) in [7, 11) is 4.97. The zero-order chi connectivity index (χ0) is 29.2. The Morgan fingerprint density at radius 1 is 1.10 bits per heavy atom. The highest BCUT2D eigenvalue weighted by atomic mass is 19.1. The fourth-order valence-corrected chi connectivity index (χ4v) is 4.57. The van der Waals surface area contributed by atoms with Crippen molar-refractivity contribution in [3.8, 4) is 5.75 Å². The number of nitrogens with zero attached hydrogens (tertiary/aromatic N) is 3. The van der Waals surface area contributed by atoms with Crippen LogP contribution in [-0.2, 0) is 25.7 Å². The fraction of sp³-hybridized carbons (Fsp3) is 0.448. The van der Waals surface area contributed by atoms with E-state index in [0.717, 1.165) is 35.4 Å². The second-order valence-corrected chi connectivity index (χ2v) is 10.0.